The first-order valence-corrected chi connectivity index (χ1v) is 9.42. The molecule has 0 amide bonds. The Labute approximate surface area is 173 Å². The molecule has 3 aromatic carbocycles. The number of aryl methyl sites for hydroxylation is 1. The number of carbonyl (C=O) groups excluding carboxylic acids is 1. The molecule has 6 heteroatoms. The Bertz CT molecular complexity index is 1220. The van der Waals surface area contributed by atoms with Gasteiger partial charge in [-0.3, -0.25) is 0 Å². The summed E-state index contributed by atoms with van der Waals surface area (Å²) < 4.78 is 4.85. The Morgan fingerprint density at radius 1 is 1.00 bits per heavy atom. The van der Waals surface area contributed by atoms with E-state index in [1.54, 1.807) is 24.3 Å². The second kappa shape index (κ2) is 7.89. The minimum absolute atomic E-state index is 0.413. The van der Waals surface area contributed by atoms with Crippen LogP contribution in [0.1, 0.15) is 15.9 Å². The molecule has 0 bridgehead atoms. The number of benzene rings is 3. The summed E-state index contributed by atoms with van der Waals surface area (Å²) in [6.07, 6.45) is 0. The number of rotatable bonds is 4. The second-order valence-electron chi connectivity index (χ2n) is 6.54. The van der Waals surface area contributed by atoms with Crippen molar-refractivity contribution in [3.05, 3.63) is 82.9 Å². The number of methoxy groups -OCH3 is 1. The highest BCUT2D eigenvalue weighted by Gasteiger charge is 2.15. The van der Waals surface area contributed by atoms with E-state index in [2.05, 4.69) is 10.3 Å². The molecule has 29 heavy (non-hydrogen) atoms. The zero-order valence-corrected chi connectivity index (χ0v) is 16.7. The molecule has 0 saturated heterocycles. The Kier molecular flexibility index (Phi) is 5.14. The number of carbonyl (C=O) groups is 1. The van der Waals surface area contributed by atoms with Gasteiger partial charge < -0.3 is 10.1 Å². The molecule has 0 unspecified atom stereocenters. The molecule has 0 radical (unpaired) electrons. The molecule has 0 atom stereocenters. The van der Waals surface area contributed by atoms with E-state index < -0.39 is 5.97 Å². The number of esters is 1. The quantitative estimate of drug-likeness (QED) is 0.437. The Morgan fingerprint density at radius 3 is 2.52 bits per heavy atom. The molecule has 0 fully saturated rings. The predicted molar refractivity (Wildman–Crippen MR) is 116 cm³/mol. The lowest BCUT2D eigenvalue weighted by Gasteiger charge is -2.14. The van der Waals surface area contributed by atoms with E-state index in [9.17, 15) is 4.79 Å². The number of para-hydroxylation sites is 1. The van der Waals surface area contributed by atoms with E-state index in [0.717, 1.165) is 16.8 Å². The molecular formula is C23H18ClN3O2. The van der Waals surface area contributed by atoms with Crippen LogP contribution in [0.3, 0.4) is 0 Å². The predicted octanol–water partition coefficient (Wildman–Crippen LogP) is 5.79. The minimum atomic E-state index is -0.413. The molecular weight excluding hydrogens is 386 g/mol. The zero-order valence-electron chi connectivity index (χ0n) is 15.9. The molecule has 5 nitrogen and oxygen atoms in total. The van der Waals surface area contributed by atoms with Crippen LogP contribution in [0.5, 0.6) is 0 Å². The first kappa shape index (κ1) is 18.9. The molecule has 144 valence electrons. The maximum atomic E-state index is 12.0. The summed E-state index contributed by atoms with van der Waals surface area (Å²) in [6, 6.07) is 20.6. The lowest BCUT2D eigenvalue weighted by atomic mass is 10.1. The molecule has 0 aliphatic rings. The number of hydrogen-bond acceptors (Lipinski definition) is 5. The highest BCUT2D eigenvalue weighted by molar-refractivity contribution is 6.33. The van der Waals surface area contributed by atoms with Crippen molar-refractivity contribution in [1.29, 1.82) is 0 Å². The lowest BCUT2D eigenvalue weighted by molar-refractivity contribution is 0.0601. The number of ether oxygens (including phenoxy) is 1. The van der Waals surface area contributed by atoms with Crippen LogP contribution in [-0.4, -0.2) is 23.0 Å². The number of halogens is 1. The number of nitrogens with zero attached hydrogens (tertiary/aromatic N) is 2. The van der Waals surface area contributed by atoms with Crippen LogP contribution in [-0.2, 0) is 4.74 Å². The van der Waals surface area contributed by atoms with Crippen molar-refractivity contribution in [2.75, 3.05) is 12.4 Å². The van der Waals surface area contributed by atoms with E-state index in [1.807, 2.05) is 49.4 Å². The van der Waals surface area contributed by atoms with E-state index in [0.29, 0.717) is 33.1 Å². The Morgan fingerprint density at radius 2 is 1.76 bits per heavy atom. The zero-order chi connectivity index (χ0) is 20.4. The van der Waals surface area contributed by atoms with Crippen LogP contribution in [0, 0.1) is 6.92 Å². The average Bonchev–Trinajstić information content (AvgIpc) is 2.74. The van der Waals surface area contributed by atoms with E-state index in [-0.39, 0.29) is 0 Å². The standard InChI is InChI=1S/C23H18ClN3O2/c1-14-7-3-6-10-19(14)25-22-17-13-15(23(28)29-2)11-12-20(17)26-21(27-22)16-8-4-5-9-18(16)24/h3-13H,1-2H3,(H,25,26,27). The Balaban J connectivity index is 1.93. The van der Waals surface area contributed by atoms with Crippen molar-refractivity contribution >= 4 is 40.0 Å². The van der Waals surface area contributed by atoms with Crippen LogP contribution >= 0.6 is 11.6 Å². The van der Waals surface area contributed by atoms with Gasteiger partial charge in [0.25, 0.3) is 0 Å². The smallest absolute Gasteiger partial charge is 0.337 e. The van der Waals surface area contributed by atoms with E-state index >= 15 is 0 Å². The van der Waals surface area contributed by atoms with Gasteiger partial charge in [0.05, 0.1) is 23.2 Å². The molecule has 0 spiro atoms. The molecule has 0 saturated carbocycles. The van der Waals surface area contributed by atoms with Crippen LogP contribution in [0.15, 0.2) is 66.7 Å². The summed E-state index contributed by atoms with van der Waals surface area (Å²) in [6.45, 7) is 2.01. The van der Waals surface area contributed by atoms with Crippen molar-refractivity contribution in [3.63, 3.8) is 0 Å². The number of fused-ring (bicyclic) bond motifs is 1. The van der Waals surface area contributed by atoms with E-state index in [4.69, 9.17) is 21.3 Å². The molecule has 4 aromatic rings. The van der Waals surface area contributed by atoms with Gasteiger partial charge in [-0.1, -0.05) is 41.9 Å². The summed E-state index contributed by atoms with van der Waals surface area (Å²) in [5.41, 5.74) is 3.85. The Hall–Kier alpha value is -3.44. The summed E-state index contributed by atoms with van der Waals surface area (Å²) in [7, 11) is 1.36. The van der Waals surface area contributed by atoms with Gasteiger partial charge in [0.2, 0.25) is 0 Å². The van der Waals surface area contributed by atoms with Crippen LogP contribution in [0.4, 0.5) is 11.5 Å². The molecule has 1 N–H and O–H groups in total. The number of anilines is 2. The van der Waals surface area contributed by atoms with Gasteiger partial charge >= 0.3 is 5.97 Å². The van der Waals surface area contributed by atoms with Gasteiger partial charge in [0.15, 0.2) is 5.82 Å². The third-order valence-corrected chi connectivity index (χ3v) is 4.96. The third-order valence-electron chi connectivity index (χ3n) is 4.63. The fourth-order valence-corrected chi connectivity index (χ4v) is 3.29. The van der Waals surface area contributed by atoms with Crippen LogP contribution in [0.25, 0.3) is 22.3 Å². The maximum Gasteiger partial charge on any atom is 0.337 e. The summed E-state index contributed by atoms with van der Waals surface area (Å²) in [4.78, 5) is 21.4. The van der Waals surface area contributed by atoms with Gasteiger partial charge in [-0.15, -0.1) is 0 Å². The number of nitrogens with one attached hydrogen (secondary N) is 1. The maximum absolute atomic E-state index is 12.0. The van der Waals surface area contributed by atoms with Gasteiger partial charge in [-0.05, 0) is 48.9 Å². The van der Waals surface area contributed by atoms with Crippen molar-refractivity contribution in [2.24, 2.45) is 0 Å². The minimum Gasteiger partial charge on any atom is -0.465 e. The number of aromatic nitrogens is 2. The van der Waals surface area contributed by atoms with E-state index in [1.165, 1.54) is 7.11 Å². The highest BCUT2D eigenvalue weighted by Crippen LogP contribution is 2.31. The summed E-state index contributed by atoms with van der Waals surface area (Å²) in [5.74, 6) is 0.680. The molecule has 1 heterocycles. The van der Waals surface area contributed by atoms with Gasteiger partial charge in [0.1, 0.15) is 5.82 Å². The summed E-state index contributed by atoms with van der Waals surface area (Å²) >= 11 is 6.37. The second-order valence-corrected chi connectivity index (χ2v) is 6.95. The first-order valence-electron chi connectivity index (χ1n) is 9.04. The first-order chi connectivity index (χ1) is 14.1. The van der Waals surface area contributed by atoms with Crippen LogP contribution < -0.4 is 5.32 Å². The van der Waals surface area contributed by atoms with Crippen molar-refractivity contribution in [3.8, 4) is 11.4 Å². The normalized spacial score (nSPS) is 10.7. The molecule has 0 aliphatic heterocycles. The monoisotopic (exact) mass is 403 g/mol. The van der Waals surface area contributed by atoms with Crippen molar-refractivity contribution in [2.45, 2.75) is 6.92 Å². The summed E-state index contributed by atoms with van der Waals surface area (Å²) in [5, 5.41) is 4.67. The topological polar surface area (TPSA) is 64.1 Å². The molecule has 0 aliphatic carbocycles. The van der Waals surface area contributed by atoms with Gasteiger partial charge in [-0.2, -0.15) is 0 Å². The highest BCUT2D eigenvalue weighted by atomic mass is 35.5. The third kappa shape index (κ3) is 3.77. The lowest BCUT2D eigenvalue weighted by Crippen LogP contribution is -2.04. The fourth-order valence-electron chi connectivity index (χ4n) is 3.07. The number of hydrogen-bond donors (Lipinski definition) is 1. The van der Waals surface area contributed by atoms with Crippen molar-refractivity contribution in [1.82, 2.24) is 9.97 Å². The molecule has 4 rings (SSSR count). The fraction of sp³-hybridized carbons (Fsp3) is 0.0870. The van der Waals surface area contributed by atoms with Gasteiger partial charge in [0, 0.05) is 16.6 Å². The SMILES string of the molecule is COC(=O)c1ccc2nc(-c3ccccc3Cl)nc(Nc3ccccc3C)c2c1. The van der Waals surface area contributed by atoms with Crippen molar-refractivity contribution < 1.29 is 9.53 Å². The van der Waals surface area contributed by atoms with Crippen LogP contribution in [0.2, 0.25) is 5.02 Å². The van der Waals surface area contributed by atoms with Gasteiger partial charge in [-0.25, -0.2) is 14.8 Å². The average molecular weight is 404 g/mol. The molecule has 1 aromatic heterocycles. The largest absolute Gasteiger partial charge is 0.465 e.